The molecule has 0 spiro atoms. The summed E-state index contributed by atoms with van der Waals surface area (Å²) in [4.78, 5) is 0. The molecule has 0 aromatic carbocycles. The highest BCUT2D eigenvalue weighted by molar-refractivity contribution is 7.91. The number of hydrogen-bond acceptors (Lipinski definition) is 4. The van der Waals surface area contributed by atoms with Crippen LogP contribution >= 0.6 is 0 Å². The maximum atomic E-state index is 11.1. The lowest BCUT2D eigenvalue weighted by molar-refractivity contribution is 0.592. The van der Waals surface area contributed by atoms with E-state index in [1.165, 1.54) is 0 Å². The van der Waals surface area contributed by atoms with Crippen LogP contribution in [0.4, 0.5) is 0 Å². The average Bonchev–Trinajstić information content (AvgIpc) is 1.96. The van der Waals surface area contributed by atoms with Gasteiger partial charge in [0.25, 0.3) is 20.0 Å². The molecule has 0 aliphatic rings. The molecule has 0 rings (SSSR count). The van der Waals surface area contributed by atoms with Crippen molar-refractivity contribution in [1.82, 2.24) is 0 Å². The maximum absolute atomic E-state index is 11.1. The second-order valence-electron chi connectivity index (χ2n) is 2.96. The lowest BCUT2D eigenvalue weighted by atomic mass is 10.6. The first-order valence-electron chi connectivity index (χ1n) is 4.21. The number of hydrogen-bond donors (Lipinski definition) is 4. The van der Waals surface area contributed by atoms with E-state index in [0.717, 1.165) is 0 Å². The van der Waals surface area contributed by atoms with E-state index in [1.54, 1.807) is 0 Å². The molecular weight excluding hydrogens is 272 g/mol. The zero-order valence-corrected chi connectivity index (χ0v) is 10.4. The molecule has 0 saturated carbocycles. The van der Waals surface area contributed by atoms with Gasteiger partial charge in [-0.15, -0.1) is 8.80 Å². The third kappa shape index (κ3) is 8.27. The molecule has 12 heteroatoms. The number of nitrogens with two attached hydrogens (primary N) is 4. The van der Waals surface area contributed by atoms with Gasteiger partial charge in [0.15, 0.2) is 0 Å². The Kier molecular flexibility index (Phi) is 5.15. The van der Waals surface area contributed by atoms with Crippen LogP contribution in [0.1, 0.15) is 6.42 Å². The predicted octanol–water partition coefficient (Wildman–Crippen LogP) is -3.42. The molecule has 0 aliphatic carbocycles. The van der Waals surface area contributed by atoms with Gasteiger partial charge in [-0.2, -0.15) is 0 Å². The third-order valence-electron chi connectivity index (χ3n) is 1.29. The number of sulfonamides is 2. The van der Waals surface area contributed by atoms with E-state index in [4.69, 9.17) is 22.9 Å². The van der Waals surface area contributed by atoms with Crippen molar-refractivity contribution in [3.05, 3.63) is 0 Å². The largest absolute Gasteiger partial charge is 0.369 e. The van der Waals surface area contributed by atoms with Crippen LogP contribution in [0.3, 0.4) is 0 Å². The van der Waals surface area contributed by atoms with Crippen molar-refractivity contribution < 1.29 is 16.8 Å². The van der Waals surface area contributed by atoms with E-state index in [-0.39, 0.29) is 6.42 Å². The summed E-state index contributed by atoms with van der Waals surface area (Å²) < 4.78 is 50.4. The molecule has 0 aromatic heterocycles. The van der Waals surface area contributed by atoms with Crippen molar-refractivity contribution in [2.75, 3.05) is 11.5 Å². The zero-order chi connectivity index (χ0) is 13.7. The Hall–Kier alpha value is -1.56. The molecule has 0 fully saturated rings. The Labute approximate surface area is 98.9 Å². The van der Waals surface area contributed by atoms with Crippen LogP contribution < -0.4 is 22.9 Å². The van der Waals surface area contributed by atoms with Gasteiger partial charge >= 0.3 is 0 Å². The fourth-order valence-electron chi connectivity index (χ4n) is 0.836. The van der Waals surface area contributed by atoms with E-state index in [9.17, 15) is 16.8 Å². The van der Waals surface area contributed by atoms with Crippen LogP contribution in [-0.2, 0) is 20.0 Å². The highest BCUT2D eigenvalue weighted by atomic mass is 32.2. The van der Waals surface area contributed by atoms with Crippen molar-refractivity contribution in [2.24, 2.45) is 31.7 Å². The summed E-state index contributed by atoms with van der Waals surface area (Å²) in [6.45, 7) is 0. The third-order valence-corrected chi connectivity index (χ3v) is 3.88. The molecule has 0 aromatic rings. The number of rotatable bonds is 6. The molecule has 0 saturated heterocycles. The van der Waals surface area contributed by atoms with Crippen LogP contribution in [0.2, 0.25) is 0 Å². The lowest BCUT2D eigenvalue weighted by Crippen LogP contribution is -2.26. The van der Waals surface area contributed by atoms with Crippen molar-refractivity contribution in [3.63, 3.8) is 0 Å². The number of guanidine groups is 2. The first-order valence-corrected chi connectivity index (χ1v) is 7.43. The van der Waals surface area contributed by atoms with Crippen molar-refractivity contribution >= 4 is 32.0 Å². The zero-order valence-electron chi connectivity index (χ0n) is 8.77. The summed E-state index contributed by atoms with van der Waals surface area (Å²) in [5.74, 6) is -2.27. The normalized spacial score (nSPS) is 11.8. The quantitative estimate of drug-likeness (QED) is 0.286. The second-order valence-corrected chi connectivity index (χ2v) is 6.47. The molecule has 17 heavy (non-hydrogen) atoms. The molecular formula is C5H14N6O4S2. The molecule has 0 bridgehead atoms. The molecule has 0 atom stereocenters. The summed E-state index contributed by atoms with van der Waals surface area (Å²) in [6.07, 6.45) is -0.224. The van der Waals surface area contributed by atoms with E-state index < -0.39 is 43.5 Å². The summed E-state index contributed by atoms with van der Waals surface area (Å²) in [7, 11) is -7.74. The van der Waals surface area contributed by atoms with Gasteiger partial charge in [-0.3, -0.25) is 0 Å². The smallest absolute Gasteiger partial charge is 0.256 e. The van der Waals surface area contributed by atoms with E-state index in [2.05, 4.69) is 8.80 Å². The van der Waals surface area contributed by atoms with Gasteiger partial charge in [0, 0.05) is 0 Å². The lowest BCUT2D eigenvalue weighted by Gasteiger charge is -1.99. The molecule has 0 unspecified atom stereocenters. The van der Waals surface area contributed by atoms with Crippen LogP contribution in [-0.4, -0.2) is 40.3 Å². The van der Waals surface area contributed by atoms with E-state index in [1.807, 2.05) is 0 Å². The monoisotopic (exact) mass is 286 g/mol. The standard InChI is InChI=1S/C5H14N6O4S2/c6-4(7)10-16(12,13)2-1-3-17(14,15)11-5(8)9/h1-3H2,(H4,6,7,10)(H4,8,9,11). The van der Waals surface area contributed by atoms with Gasteiger partial charge < -0.3 is 22.9 Å². The molecule has 0 amide bonds. The first-order chi connectivity index (χ1) is 7.54. The highest BCUT2D eigenvalue weighted by Crippen LogP contribution is 2.00. The number of nitrogens with zero attached hydrogens (tertiary/aromatic N) is 2. The van der Waals surface area contributed by atoms with E-state index in [0.29, 0.717) is 0 Å². The van der Waals surface area contributed by atoms with Crippen LogP contribution in [0, 0.1) is 0 Å². The fraction of sp³-hybridized carbons (Fsp3) is 0.600. The summed E-state index contributed by atoms with van der Waals surface area (Å²) in [5, 5.41) is 0. The maximum Gasteiger partial charge on any atom is 0.256 e. The molecule has 10 nitrogen and oxygen atoms in total. The second kappa shape index (κ2) is 5.67. The molecule has 100 valence electrons. The van der Waals surface area contributed by atoms with Gasteiger partial charge in [-0.05, 0) is 6.42 Å². The Balaban J connectivity index is 4.46. The van der Waals surface area contributed by atoms with Gasteiger partial charge in [0.1, 0.15) is 0 Å². The van der Waals surface area contributed by atoms with E-state index >= 15 is 0 Å². The molecule has 0 aliphatic heterocycles. The Bertz CT molecular complexity index is 463. The van der Waals surface area contributed by atoms with Crippen molar-refractivity contribution in [2.45, 2.75) is 6.42 Å². The fourth-order valence-corrected chi connectivity index (χ4v) is 2.86. The van der Waals surface area contributed by atoms with Crippen LogP contribution in [0.25, 0.3) is 0 Å². The van der Waals surface area contributed by atoms with Gasteiger partial charge in [-0.1, -0.05) is 0 Å². The van der Waals surface area contributed by atoms with Crippen LogP contribution in [0.5, 0.6) is 0 Å². The Morgan fingerprint density at radius 2 is 1.06 bits per heavy atom. The van der Waals surface area contributed by atoms with Crippen LogP contribution in [0.15, 0.2) is 8.80 Å². The first kappa shape index (κ1) is 15.4. The summed E-state index contributed by atoms with van der Waals surface area (Å²) in [6, 6.07) is 0. The predicted molar refractivity (Wildman–Crippen MR) is 63.8 cm³/mol. The summed E-state index contributed by atoms with van der Waals surface area (Å²) in [5.41, 5.74) is 19.5. The van der Waals surface area contributed by atoms with Crippen molar-refractivity contribution in [1.29, 1.82) is 0 Å². The molecule has 0 heterocycles. The molecule has 8 N–H and O–H groups in total. The minimum Gasteiger partial charge on any atom is -0.369 e. The average molecular weight is 286 g/mol. The Morgan fingerprint density at radius 1 is 0.765 bits per heavy atom. The highest BCUT2D eigenvalue weighted by Gasteiger charge is 2.14. The van der Waals surface area contributed by atoms with Gasteiger partial charge in [-0.25, -0.2) is 16.8 Å². The summed E-state index contributed by atoms with van der Waals surface area (Å²) >= 11 is 0. The topological polar surface area (TPSA) is 197 Å². The van der Waals surface area contributed by atoms with Crippen molar-refractivity contribution in [3.8, 4) is 0 Å². The SMILES string of the molecule is NC(N)=NS(=O)(=O)CCCS(=O)(=O)N=C(N)N. The minimum atomic E-state index is -3.87. The molecule has 0 radical (unpaired) electrons. The Morgan fingerprint density at radius 3 is 1.29 bits per heavy atom. The van der Waals surface area contributed by atoms with Gasteiger partial charge in [0.05, 0.1) is 11.5 Å². The minimum absolute atomic E-state index is 0.224. The van der Waals surface area contributed by atoms with Gasteiger partial charge in [0.2, 0.25) is 11.9 Å².